The smallest absolute Gasteiger partial charge is 0.398 e. The van der Waals surface area contributed by atoms with Crippen molar-refractivity contribution in [3.05, 3.63) is 33.4 Å². The van der Waals surface area contributed by atoms with Crippen LogP contribution in [0.15, 0.2) is 29.4 Å². The predicted octanol–water partition coefficient (Wildman–Crippen LogP) is 1.30. The second kappa shape index (κ2) is 7.00. The zero-order chi connectivity index (χ0) is 12.7. The van der Waals surface area contributed by atoms with E-state index in [2.05, 4.69) is 37.9 Å². The Morgan fingerprint density at radius 3 is 2.94 bits per heavy atom. The number of nitrogens with zero attached hydrogens (tertiary/aromatic N) is 1. The average Bonchev–Trinajstić information content (AvgIpc) is 2.29. The van der Waals surface area contributed by atoms with Gasteiger partial charge in [0.05, 0.1) is 12.8 Å². The zero-order valence-electron chi connectivity index (χ0n) is 9.14. The van der Waals surface area contributed by atoms with Crippen molar-refractivity contribution in [2.75, 3.05) is 6.61 Å². The van der Waals surface area contributed by atoms with Gasteiger partial charge in [0.15, 0.2) is 0 Å². The highest BCUT2D eigenvalue weighted by Crippen LogP contribution is 2.05. The Morgan fingerprint density at radius 2 is 2.29 bits per heavy atom. The van der Waals surface area contributed by atoms with Crippen LogP contribution in [0.2, 0.25) is 0 Å². The Hall–Kier alpha value is -1.44. The highest BCUT2D eigenvalue weighted by Gasteiger charge is 2.12. The van der Waals surface area contributed by atoms with Gasteiger partial charge in [-0.05, 0) is 47.2 Å². The van der Waals surface area contributed by atoms with Crippen molar-refractivity contribution in [3.63, 3.8) is 0 Å². The Kier molecular flexibility index (Phi) is 5.61. The number of halogens is 1. The quantitative estimate of drug-likeness (QED) is 0.295. The third-order valence-corrected chi connectivity index (χ3v) is 2.36. The van der Waals surface area contributed by atoms with Crippen LogP contribution in [0.25, 0.3) is 0 Å². The number of carbonyl (C=O) groups excluding carboxylic acids is 2. The average molecular weight is 346 g/mol. The molecule has 0 atom stereocenters. The van der Waals surface area contributed by atoms with E-state index in [1.807, 2.05) is 24.3 Å². The number of benzene rings is 1. The molecule has 0 aromatic heterocycles. The van der Waals surface area contributed by atoms with Crippen molar-refractivity contribution in [1.82, 2.24) is 5.43 Å². The number of nitrogens with one attached hydrogen (secondary N) is 1. The third-order valence-electron chi connectivity index (χ3n) is 1.69. The molecule has 17 heavy (non-hydrogen) atoms. The van der Waals surface area contributed by atoms with Gasteiger partial charge in [-0.1, -0.05) is 12.1 Å². The van der Waals surface area contributed by atoms with Crippen LogP contribution < -0.4 is 5.43 Å². The molecule has 0 bridgehead atoms. The first kappa shape index (κ1) is 13.6. The molecule has 90 valence electrons. The maximum absolute atomic E-state index is 11.1. The summed E-state index contributed by atoms with van der Waals surface area (Å²) in [6.07, 6.45) is 1.46. The minimum atomic E-state index is -0.938. The maximum atomic E-state index is 11.1. The lowest BCUT2D eigenvalue weighted by Gasteiger charge is -1.99. The van der Waals surface area contributed by atoms with Crippen molar-refractivity contribution in [1.29, 1.82) is 0 Å². The number of hydrazone groups is 1. The predicted molar refractivity (Wildman–Crippen MR) is 71.5 cm³/mol. The topological polar surface area (TPSA) is 67.8 Å². The first-order valence-corrected chi connectivity index (χ1v) is 5.97. The van der Waals surface area contributed by atoms with Gasteiger partial charge in [-0.2, -0.15) is 5.10 Å². The molecular weight excluding hydrogens is 335 g/mol. The molecule has 0 radical (unpaired) electrons. The first-order chi connectivity index (χ1) is 8.13. The number of hydrogen-bond acceptors (Lipinski definition) is 4. The molecule has 0 saturated heterocycles. The molecule has 1 aromatic carbocycles. The lowest BCUT2D eigenvalue weighted by Crippen LogP contribution is -2.28. The van der Waals surface area contributed by atoms with E-state index in [1.54, 1.807) is 6.92 Å². The molecule has 0 spiro atoms. The molecule has 0 saturated carbocycles. The molecule has 1 aromatic rings. The van der Waals surface area contributed by atoms with Crippen LogP contribution in [0.1, 0.15) is 12.5 Å². The molecule has 6 heteroatoms. The number of hydrogen-bond donors (Lipinski definition) is 1. The number of esters is 1. The molecule has 1 amide bonds. The van der Waals surface area contributed by atoms with Crippen LogP contribution in [0.4, 0.5) is 0 Å². The van der Waals surface area contributed by atoms with Crippen molar-refractivity contribution in [2.45, 2.75) is 6.92 Å². The fourth-order valence-electron chi connectivity index (χ4n) is 0.995. The van der Waals surface area contributed by atoms with E-state index in [1.165, 1.54) is 6.21 Å². The largest absolute Gasteiger partial charge is 0.459 e. The molecule has 0 aliphatic rings. The molecule has 0 fully saturated rings. The number of rotatable bonds is 3. The third kappa shape index (κ3) is 4.94. The second-order valence-corrected chi connectivity index (χ2v) is 4.22. The van der Waals surface area contributed by atoms with E-state index in [0.29, 0.717) is 0 Å². The summed E-state index contributed by atoms with van der Waals surface area (Å²) in [6.45, 7) is 1.78. The zero-order valence-corrected chi connectivity index (χ0v) is 11.3. The van der Waals surface area contributed by atoms with Gasteiger partial charge in [0.25, 0.3) is 0 Å². The van der Waals surface area contributed by atoms with Gasteiger partial charge in [-0.15, -0.1) is 0 Å². The van der Waals surface area contributed by atoms with Crippen molar-refractivity contribution in [3.8, 4) is 0 Å². The van der Waals surface area contributed by atoms with Crippen LogP contribution in [0.5, 0.6) is 0 Å². The fraction of sp³-hybridized carbons (Fsp3) is 0.182. The minimum Gasteiger partial charge on any atom is -0.459 e. The normalized spacial score (nSPS) is 10.2. The summed E-state index contributed by atoms with van der Waals surface area (Å²) in [7, 11) is 0. The Labute approximate surface area is 112 Å². The van der Waals surface area contributed by atoms with E-state index in [9.17, 15) is 9.59 Å². The lowest BCUT2D eigenvalue weighted by molar-refractivity contribution is -0.154. The van der Waals surface area contributed by atoms with Gasteiger partial charge in [0.1, 0.15) is 0 Å². The monoisotopic (exact) mass is 346 g/mol. The van der Waals surface area contributed by atoms with E-state index in [-0.39, 0.29) is 6.61 Å². The van der Waals surface area contributed by atoms with E-state index in [4.69, 9.17) is 0 Å². The fourth-order valence-corrected chi connectivity index (χ4v) is 1.56. The van der Waals surface area contributed by atoms with Crippen LogP contribution in [-0.2, 0) is 14.3 Å². The van der Waals surface area contributed by atoms with Crippen molar-refractivity contribution < 1.29 is 14.3 Å². The van der Waals surface area contributed by atoms with Crippen molar-refractivity contribution >= 4 is 40.7 Å². The number of ether oxygens (including phenoxy) is 1. The van der Waals surface area contributed by atoms with Gasteiger partial charge >= 0.3 is 11.9 Å². The summed E-state index contributed by atoms with van der Waals surface area (Å²) in [5.41, 5.74) is 2.92. The summed E-state index contributed by atoms with van der Waals surface area (Å²) in [5.74, 6) is -1.82. The van der Waals surface area contributed by atoms with Crippen LogP contribution in [0.3, 0.4) is 0 Å². The molecule has 0 aliphatic carbocycles. The molecule has 1 N–H and O–H groups in total. The minimum absolute atomic E-state index is 0.160. The number of amides is 1. The molecule has 0 unspecified atom stereocenters. The van der Waals surface area contributed by atoms with Gasteiger partial charge in [-0.3, -0.25) is 4.79 Å². The van der Waals surface area contributed by atoms with Gasteiger partial charge in [0, 0.05) is 3.57 Å². The van der Waals surface area contributed by atoms with Gasteiger partial charge in [-0.25, -0.2) is 10.2 Å². The lowest BCUT2D eigenvalue weighted by atomic mass is 10.2. The van der Waals surface area contributed by atoms with E-state index in [0.717, 1.165) is 9.13 Å². The molecule has 1 rings (SSSR count). The van der Waals surface area contributed by atoms with Gasteiger partial charge < -0.3 is 4.74 Å². The van der Waals surface area contributed by atoms with Crippen LogP contribution in [0, 0.1) is 3.57 Å². The summed E-state index contributed by atoms with van der Waals surface area (Å²) < 4.78 is 5.56. The van der Waals surface area contributed by atoms with Crippen LogP contribution >= 0.6 is 22.6 Å². The Morgan fingerprint density at radius 1 is 1.53 bits per heavy atom. The molecule has 0 aliphatic heterocycles. The Balaban J connectivity index is 2.50. The first-order valence-electron chi connectivity index (χ1n) is 4.89. The Bertz CT molecular complexity index is 446. The maximum Gasteiger partial charge on any atom is 0.398 e. The summed E-state index contributed by atoms with van der Waals surface area (Å²) >= 11 is 2.17. The number of carbonyl (C=O) groups is 2. The van der Waals surface area contributed by atoms with E-state index >= 15 is 0 Å². The van der Waals surface area contributed by atoms with Crippen molar-refractivity contribution in [2.24, 2.45) is 5.10 Å². The SMILES string of the molecule is CCOC(=O)C(=O)N/N=C\c1cccc(I)c1. The molecule has 0 heterocycles. The summed E-state index contributed by atoms with van der Waals surface area (Å²) in [4.78, 5) is 22.0. The standard InChI is InChI=1S/C11H11IN2O3/c1-2-17-11(16)10(15)14-13-7-8-4-3-5-9(12)6-8/h3-7H,2H2,1H3,(H,14,15)/b13-7-. The summed E-state index contributed by atoms with van der Waals surface area (Å²) in [5, 5.41) is 3.66. The van der Waals surface area contributed by atoms with Crippen LogP contribution in [-0.4, -0.2) is 24.7 Å². The molecular formula is C11H11IN2O3. The molecule has 5 nitrogen and oxygen atoms in total. The van der Waals surface area contributed by atoms with E-state index < -0.39 is 11.9 Å². The highest BCUT2D eigenvalue weighted by atomic mass is 127. The highest BCUT2D eigenvalue weighted by molar-refractivity contribution is 14.1. The summed E-state index contributed by atoms with van der Waals surface area (Å²) in [6, 6.07) is 7.54. The second-order valence-electron chi connectivity index (χ2n) is 2.97. The van der Waals surface area contributed by atoms with Gasteiger partial charge in [0.2, 0.25) is 0 Å².